The summed E-state index contributed by atoms with van der Waals surface area (Å²) in [7, 11) is 0. The molecule has 1 atom stereocenters. The summed E-state index contributed by atoms with van der Waals surface area (Å²) in [6.07, 6.45) is 5.10. The van der Waals surface area contributed by atoms with Crippen molar-refractivity contribution < 1.29 is 0 Å². The van der Waals surface area contributed by atoms with Crippen LogP contribution < -0.4 is 11.1 Å². The Morgan fingerprint density at radius 2 is 2.31 bits per heavy atom. The van der Waals surface area contributed by atoms with Gasteiger partial charge < -0.3 is 11.1 Å². The zero-order valence-electron chi connectivity index (χ0n) is 10.7. The number of piperidine rings is 1. The Balaban J connectivity index is 2.14. The summed E-state index contributed by atoms with van der Waals surface area (Å²) in [5.41, 5.74) is 5.73. The van der Waals surface area contributed by atoms with E-state index in [4.69, 9.17) is 5.73 Å². The first-order chi connectivity index (χ1) is 7.74. The lowest BCUT2D eigenvalue weighted by molar-refractivity contribution is 0.164. The third-order valence-electron chi connectivity index (χ3n) is 3.15. The van der Waals surface area contributed by atoms with Gasteiger partial charge in [-0.1, -0.05) is 13.3 Å². The molecule has 0 saturated carbocycles. The number of guanidine groups is 1. The highest BCUT2D eigenvalue weighted by atomic mass is 15.2. The molecule has 4 nitrogen and oxygen atoms in total. The van der Waals surface area contributed by atoms with Crippen molar-refractivity contribution in [3.8, 4) is 0 Å². The van der Waals surface area contributed by atoms with Gasteiger partial charge >= 0.3 is 0 Å². The van der Waals surface area contributed by atoms with E-state index in [2.05, 4.69) is 29.1 Å². The Hall–Kier alpha value is -0.770. The number of rotatable bonds is 5. The smallest absolute Gasteiger partial charge is 0.188 e. The lowest BCUT2D eigenvalue weighted by atomic mass is 10.0. The minimum absolute atomic E-state index is 0.589. The normalized spacial score (nSPS) is 23.4. The van der Waals surface area contributed by atoms with Crippen LogP contribution in [0.4, 0.5) is 0 Å². The second-order valence-electron chi connectivity index (χ2n) is 4.57. The second-order valence-corrected chi connectivity index (χ2v) is 4.57. The summed E-state index contributed by atoms with van der Waals surface area (Å²) in [6, 6.07) is 0.726. The van der Waals surface area contributed by atoms with Crippen molar-refractivity contribution in [3.63, 3.8) is 0 Å². The van der Waals surface area contributed by atoms with Crippen LogP contribution in [0.3, 0.4) is 0 Å². The molecule has 1 unspecified atom stereocenters. The molecule has 94 valence electrons. The number of nitrogens with zero attached hydrogens (tertiary/aromatic N) is 2. The van der Waals surface area contributed by atoms with Crippen LogP contribution in [0.5, 0.6) is 0 Å². The van der Waals surface area contributed by atoms with Gasteiger partial charge in [0.2, 0.25) is 0 Å². The van der Waals surface area contributed by atoms with Gasteiger partial charge in [0.05, 0.1) is 0 Å². The van der Waals surface area contributed by atoms with E-state index >= 15 is 0 Å². The second kappa shape index (κ2) is 7.49. The largest absolute Gasteiger partial charge is 0.370 e. The Morgan fingerprint density at radius 1 is 1.50 bits per heavy atom. The fraction of sp³-hybridized carbons (Fsp3) is 0.917. The number of hydrogen-bond acceptors (Lipinski definition) is 2. The van der Waals surface area contributed by atoms with E-state index in [-0.39, 0.29) is 0 Å². The highest BCUT2D eigenvalue weighted by molar-refractivity contribution is 5.77. The molecule has 1 aliphatic heterocycles. The molecule has 16 heavy (non-hydrogen) atoms. The van der Waals surface area contributed by atoms with Gasteiger partial charge in [-0.2, -0.15) is 0 Å². The minimum atomic E-state index is 0.589. The molecule has 1 heterocycles. The molecule has 0 aromatic carbocycles. The average molecular weight is 226 g/mol. The summed E-state index contributed by atoms with van der Waals surface area (Å²) >= 11 is 0. The Morgan fingerprint density at radius 3 is 3.00 bits per heavy atom. The summed E-state index contributed by atoms with van der Waals surface area (Å²) in [6.45, 7) is 8.45. The molecule has 0 aromatic heterocycles. The fourth-order valence-electron chi connectivity index (χ4n) is 2.11. The SMILES string of the molecule is CCCN=C(N)NCCN1CCCCC1C. The van der Waals surface area contributed by atoms with E-state index in [9.17, 15) is 0 Å². The summed E-state index contributed by atoms with van der Waals surface area (Å²) in [4.78, 5) is 6.74. The van der Waals surface area contributed by atoms with Crippen molar-refractivity contribution in [3.05, 3.63) is 0 Å². The van der Waals surface area contributed by atoms with Crippen LogP contribution in [0.1, 0.15) is 39.5 Å². The van der Waals surface area contributed by atoms with Gasteiger partial charge in [-0.05, 0) is 32.7 Å². The third kappa shape index (κ3) is 4.84. The van der Waals surface area contributed by atoms with Crippen LogP contribution in [-0.2, 0) is 0 Å². The molecule has 0 spiro atoms. The molecular formula is C12H26N4. The van der Waals surface area contributed by atoms with Gasteiger partial charge in [0.15, 0.2) is 5.96 Å². The van der Waals surface area contributed by atoms with Gasteiger partial charge in [0, 0.05) is 25.7 Å². The molecule has 4 heteroatoms. The summed E-state index contributed by atoms with van der Waals surface area (Å²) in [5.74, 6) is 0.589. The zero-order chi connectivity index (χ0) is 11.8. The van der Waals surface area contributed by atoms with E-state index in [1.165, 1.54) is 25.8 Å². The van der Waals surface area contributed by atoms with Crippen molar-refractivity contribution in [2.75, 3.05) is 26.2 Å². The molecule has 0 radical (unpaired) electrons. The van der Waals surface area contributed by atoms with E-state index in [1.807, 2.05) is 0 Å². The lowest BCUT2D eigenvalue weighted by Gasteiger charge is -2.33. The van der Waals surface area contributed by atoms with Crippen LogP contribution in [0, 0.1) is 0 Å². The highest BCUT2D eigenvalue weighted by Gasteiger charge is 2.16. The van der Waals surface area contributed by atoms with Crippen molar-refractivity contribution in [2.24, 2.45) is 10.7 Å². The minimum Gasteiger partial charge on any atom is -0.370 e. The van der Waals surface area contributed by atoms with Crippen LogP contribution in [0.15, 0.2) is 4.99 Å². The van der Waals surface area contributed by atoms with Gasteiger partial charge in [-0.25, -0.2) is 0 Å². The molecule has 1 rings (SSSR count). The topological polar surface area (TPSA) is 53.6 Å². The quantitative estimate of drug-likeness (QED) is 0.546. The predicted molar refractivity (Wildman–Crippen MR) is 69.7 cm³/mol. The van der Waals surface area contributed by atoms with Crippen molar-refractivity contribution in [1.29, 1.82) is 0 Å². The van der Waals surface area contributed by atoms with Gasteiger partial charge in [-0.3, -0.25) is 9.89 Å². The number of aliphatic imine (C=N–C) groups is 1. The first-order valence-corrected chi connectivity index (χ1v) is 6.52. The summed E-state index contributed by atoms with van der Waals surface area (Å²) < 4.78 is 0. The predicted octanol–water partition coefficient (Wildman–Crippen LogP) is 1.18. The van der Waals surface area contributed by atoms with E-state index in [0.29, 0.717) is 5.96 Å². The van der Waals surface area contributed by atoms with Gasteiger partial charge in [0.25, 0.3) is 0 Å². The Labute approximate surface area is 99.3 Å². The molecule has 1 aliphatic rings. The van der Waals surface area contributed by atoms with E-state index in [1.54, 1.807) is 0 Å². The molecule has 0 aliphatic carbocycles. The van der Waals surface area contributed by atoms with E-state index in [0.717, 1.165) is 32.1 Å². The number of likely N-dealkylation sites (tertiary alicyclic amines) is 1. The van der Waals surface area contributed by atoms with Crippen molar-refractivity contribution >= 4 is 5.96 Å². The molecule has 0 aromatic rings. The highest BCUT2D eigenvalue weighted by Crippen LogP contribution is 2.15. The fourth-order valence-corrected chi connectivity index (χ4v) is 2.11. The van der Waals surface area contributed by atoms with Crippen LogP contribution >= 0.6 is 0 Å². The maximum absolute atomic E-state index is 5.73. The monoisotopic (exact) mass is 226 g/mol. The van der Waals surface area contributed by atoms with Crippen molar-refractivity contribution in [1.82, 2.24) is 10.2 Å². The number of nitrogens with two attached hydrogens (primary N) is 1. The van der Waals surface area contributed by atoms with Gasteiger partial charge in [0.1, 0.15) is 0 Å². The zero-order valence-corrected chi connectivity index (χ0v) is 10.7. The average Bonchev–Trinajstić information content (AvgIpc) is 2.29. The third-order valence-corrected chi connectivity index (χ3v) is 3.15. The van der Waals surface area contributed by atoms with Crippen LogP contribution in [0.25, 0.3) is 0 Å². The molecule has 3 N–H and O–H groups in total. The van der Waals surface area contributed by atoms with Crippen LogP contribution in [0.2, 0.25) is 0 Å². The first-order valence-electron chi connectivity index (χ1n) is 6.52. The maximum atomic E-state index is 5.73. The maximum Gasteiger partial charge on any atom is 0.188 e. The molecule has 0 amide bonds. The Bertz CT molecular complexity index is 215. The molecule has 0 bridgehead atoms. The molecule has 1 fully saturated rings. The van der Waals surface area contributed by atoms with E-state index < -0.39 is 0 Å². The molecule has 1 saturated heterocycles. The first kappa shape index (κ1) is 13.3. The Kier molecular flexibility index (Phi) is 6.23. The van der Waals surface area contributed by atoms with Crippen LogP contribution in [-0.4, -0.2) is 43.1 Å². The number of nitrogens with one attached hydrogen (secondary N) is 1. The summed E-state index contributed by atoms with van der Waals surface area (Å²) in [5, 5.41) is 3.17. The lowest BCUT2D eigenvalue weighted by Crippen LogP contribution is -2.43. The van der Waals surface area contributed by atoms with Gasteiger partial charge in [-0.15, -0.1) is 0 Å². The molecular weight excluding hydrogens is 200 g/mol. The number of hydrogen-bond donors (Lipinski definition) is 2. The van der Waals surface area contributed by atoms with Crippen molar-refractivity contribution in [2.45, 2.75) is 45.6 Å². The standard InChI is InChI=1S/C12H26N4/c1-3-7-14-12(13)15-8-10-16-9-5-4-6-11(16)2/h11H,3-10H2,1-2H3,(H3,13,14,15).